The third-order valence-electron chi connectivity index (χ3n) is 5.80. The van der Waals surface area contributed by atoms with Crippen LogP contribution in [0.4, 0.5) is 22.7 Å². The summed E-state index contributed by atoms with van der Waals surface area (Å²) >= 11 is 0. The van der Waals surface area contributed by atoms with Crippen molar-refractivity contribution in [3.63, 3.8) is 0 Å². The summed E-state index contributed by atoms with van der Waals surface area (Å²) in [6, 6.07) is 15.8. The molecular formula is C27H33N7O. The van der Waals surface area contributed by atoms with Gasteiger partial charge in [-0.15, -0.1) is 0 Å². The summed E-state index contributed by atoms with van der Waals surface area (Å²) in [4.78, 5) is 23.6. The van der Waals surface area contributed by atoms with Gasteiger partial charge in [0.2, 0.25) is 5.78 Å². The molecule has 8 nitrogen and oxygen atoms in total. The lowest BCUT2D eigenvalue weighted by molar-refractivity contribution is -0.111. The molecule has 4 N–H and O–H groups in total. The minimum absolute atomic E-state index is 0.173. The molecule has 0 atom stereocenters. The highest BCUT2D eigenvalue weighted by atomic mass is 16.1. The SMILES string of the molecule is CN1C=CN(CCCNc2ccc(NC3=CC(=Nc4ccc(N(C)C)cc4)C(N)=CC3=O)cc2)C1. The summed E-state index contributed by atoms with van der Waals surface area (Å²) in [6.07, 6.45) is 8.38. The van der Waals surface area contributed by atoms with E-state index in [2.05, 4.69) is 44.9 Å². The number of rotatable bonds is 9. The molecule has 0 radical (unpaired) electrons. The van der Waals surface area contributed by atoms with Crippen molar-refractivity contribution in [2.45, 2.75) is 6.42 Å². The van der Waals surface area contributed by atoms with E-state index in [4.69, 9.17) is 5.73 Å². The fourth-order valence-corrected chi connectivity index (χ4v) is 3.82. The molecule has 0 saturated carbocycles. The van der Waals surface area contributed by atoms with Crippen molar-refractivity contribution < 1.29 is 4.79 Å². The molecule has 0 bridgehead atoms. The number of ketones is 1. The van der Waals surface area contributed by atoms with Crippen LogP contribution in [0.25, 0.3) is 0 Å². The smallest absolute Gasteiger partial charge is 0.204 e. The zero-order valence-corrected chi connectivity index (χ0v) is 20.5. The molecule has 0 amide bonds. The number of nitrogens with zero attached hydrogens (tertiary/aromatic N) is 4. The van der Waals surface area contributed by atoms with Gasteiger partial charge in [-0.2, -0.15) is 0 Å². The van der Waals surface area contributed by atoms with Crippen LogP contribution in [-0.2, 0) is 4.79 Å². The number of allylic oxidation sites excluding steroid dienone is 2. The van der Waals surface area contributed by atoms with E-state index >= 15 is 0 Å². The largest absolute Gasteiger partial charge is 0.397 e. The Kier molecular flexibility index (Phi) is 7.40. The van der Waals surface area contributed by atoms with Gasteiger partial charge in [-0.1, -0.05) is 0 Å². The Morgan fingerprint density at radius 3 is 2.37 bits per heavy atom. The van der Waals surface area contributed by atoms with Crippen LogP contribution in [0.2, 0.25) is 0 Å². The maximum absolute atomic E-state index is 12.5. The molecule has 1 aliphatic heterocycles. The van der Waals surface area contributed by atoms with E-state index in [1.807, 2.05) is 67.5 Å². The first-order chi connectivity index (χ1) is 16.9. The zero-order valence-electron chi connectivity index (χ0n) is 20.5. The first-order valence-corrected chi connectivity index (χ1v) is 11.7. The van der Waals surface area contributed by atoms with Gasteiger partial charge in [0.25, 0.3) is 0 Å². The fourth-order valence-electron chi connectivity index (χ4n) is 3.82. The topological polar surface area (TPSA) is 89.2 Å². The number of hydrogen-bond acceptors (Lipinski definition) is 8. The van der Waals surface area contributed by atoms with E-state index in [9.17, 15) is 4.79 Å². The highest BCUT2D eigenvalue weighted by molar-refractivity contribution is 6.23. The number of carbonyl (C=O) groups is 1. The lowest BCUT2D eigenvalue weighted by Gasteiger charge is -2.18. The van der Waals surface area contributed by atoms with Gasteiger partial charge in [-0.3, -0.25) is 4.79 Å². The number of nitrogens with two attached hydrogens (primary N) is 1. The second-order valence-corrected chi connectivity index (χ2v) is 8.92. The summed E-state index contributed by atoms with van der Waals surface area (Å²) in [5.41, 5.74) is 11.2. The van der Waals surface area contributed by atoms with Crippen LogP contribution >= 0.6 is 0 Å². The number of aliphatic imine (C=N–C) groups is 1. The second-order valence-electron chi connectivity index (χ2n) is 8.92. The lowest BCUT2D eigenvalue weighted by Crippen LogP contribution is -2.24. The summed E-state index contributed by atoms with van der Waals surface area (Å²) < 4.78 is 0. The third-order valence-corrected chi connectivity index (χ3v) is 5.80. The number of hydrogen-bond donors (Lipinski definition) is 3. The first-order valence-electron chi connectivity index (χ1n) is 11.7. The van der Waals surface area contributed by atoms with Crippen LogP contribution < -0.4 is 21.3 Å². The van der Waals surface area contributed by atoms with Crippen LogP contribution in [0.1, 0.15) is 6.42 Å². The maximum atomic E-state index is 12.5. The van der Waals surface area contributed by atoms with E-state index < -0.39 is 0 Å². The van der Waals surface area contributed by atoms with Gasteiger partial charge in [0.15, 0.2) is 0 Å². The minimum Gasteiger partial charge on any atom is -0.397 e. The van der Waals surface area contributed by atoms with Gasteiger partial charge < -0.3 is 31.1 Å². The van der Waals surface area contributed by atoms with Crippen molar-refractivity contribution in [1.29, 1.82) is 0 Å². The van der Waals surface area contributed by atoms with E-state index in [1.165, 1.54) is 6.08 Å². The average Bonchev–Trinajstić information content (AvgIpc) is 3.26. The first kappa shape index (κ1) is 23.9. The molecule has 2 aromatic rings. The van der Waals surface area contributed by atoms with Gasteiger partial charge >= 0.3 is 0 Å². The van der Waals surface area contributed by atoms with E-state index in [0.29, 0.717) is 17.1 Å². The molecular weight excluding hydrogens is 438 g/mol. The zero-order chi connectivity index (χ0) is 24.8. The number of nitrogens with one attached hydrogen (secondary N) is 2. The van der Waals surface area contributed by atoms with Crippen molar-refractivity contribution in [2.75, 3.05) is 56.4 Å². The average molecular weight is 472 g/mol. The molecule has 0 fully saturated rings. The molecule has 35 heavy (non-hydrogen) atoms. The van der Waals surface area contributed by atoms with Crippen molar-refractivity contribution in [2.24, 2.45) is 10.7 Å². The van der Waals surface area contributed by atoms with Crippen LogP contribution in [0, 0.1) is 0 Å². The van der Waals surface area contributed by atoms with Crippen molar-refractivity contribution in [3.8, 4) is 0 Å². The molecule has 0 aromatic heterocycles. The fraction of sp³-hybridized carbons (Fsp3) is 0.259. The summed E-state index contributed by atoms with van der Waals surface area (Å²) in [5, 5.41) is 6.65. The van der Waals surface area contributed by atoms with Crippen LogP contribution in [0.3, 0.4) is 0 Å². The molecule has 0 unspecified atom stereocenters. The maximum Gasteiger partial charge on any atom is 0.204 e. The lowest BCUT2D eigenvalue weighted by atomic mass is 10.1. The highest BCUT2D eigenvalue weighted by Gasteiger charge is 2.17. The van der Waals surface area contributed by atoms with Gasteiger partial charge in [-0.25, -0.2) is 4.99 Å². The third kappa shape index (κ3) is 6.44. The Morgan fingerprint density at radius 2 is 1.71 bits per heavy atom. The molecule has 4 rings (SSSR count). The van der Waals surface area contributed by atoms with Gasteiger partial charge in [0.1, 0.15) is 0 Å². The predicted octanol–water partition coefficient (Wildman–Crippen LogP) is 3.72. The molecule has 8 heteroatoms. The van der Waals surface area contributed by atoms with E-state index in [-0.39, 0.29) is 5.78 Å². The van der Waals surface area contributed by atoms with Gasteiger partial charge in [0.05, 0.1) is 29.5 Å². The normalized spacial score (nSPS) is 16.4. The van der Waals surface area contributed by atoms with Gasteiger partial charge in [-0.05, 0) is 61.0 Å². The highest BCUT2D eigenvalue weighted by Crippen LogP contribution is 2.22. The number of carbonyl (C=O) groups excluding carboxylic acids is 1. The summed E-state index contributed by atoms with van der Waals surface area (Å²) in [7, 11) is 6.05. The summed E-state index contributed by atoms with van der Waals surface area (Å²) in [6.45, 7) is 2.86. The number of benzene rings is 2. The van der Waals surface area contributed by atoms with Crippen LogP contribution in [-0.4, -0.2) is 62.2 Å². The Labute approximate surface area is 207 Å². The van der Waals surface area contributed by atoms with E-state index in [0.717, 1.165) is 48.9 Å². The standard InChI is InChI=1S/C27H33N7O/c1-32(2)23-11-9-22(10-12-23)30-25-18-26(27(35)17-24(25)28)31-21-7-5-20(6-8-21)29-13-4-14-34-16-15-33(3)19-34/h5-12,15-18,29,31H,4,13-14,19,28H2,1-3H3. The molecule has 0 spiro atoms. The van der Waals surface area contributed by atoms with Crippen molar-refractivity contribution in [3.05, 3.63) is 84.5 Å². The Morgan fingerprint density at radius 1 is 1.00 bits per heavy atom. The van der Waals surface area contributed by atoms with E-state index in [1.54, 1.807) is 6.08 Å². The van der Waals surface area contributed by atoms with Crippen molar-refractivity contribution in [1.82, 2.24) is 9.80 Å². The Balaban J connectivity index is 1.34. The van der Waals surface area contributed by atoms with Crippen molar-refractivity contribution >= 4 is 34.2 Å². The molecule has 182 valence electrons. The Bertz CT molecular complexity index is 1160. The quantitative estimate of drug-likeness (QED) is 0.379. The predicted molar refractivity (Wildman–Crippen MR) is 145 cm³/mol. The van der Waals surface area contributed by atoms with Crippen LogP contribution in [0.5, 0.6) is 0 Å². The monoisotopic (exact) mass is 471 g/mol. The minimum atomic E-state index is -0.173. The molecule has 1 aliphatic carbocycles. The molecule has 1 heterocycles. The molecule has 0 saturated heterocycles. The Hall–Kier alpha value is -4.20. The molecule has 2 aromatic carbocycles. The van der Waals surface area contributed by atoms with Crippen LogP contribution in [0.15, 0.2) is 89.5 Å². The second kappa shape index (κ2) is 10.8. The molecule has 2 aliphatic rings. The number of anilines is 3. The van der Waals surface area contributed by atoms with Gasteiger partial charge in [0, 0.05) is 69.8 Å². The summed E-state index contributed by atoms with van der Waals surface area (Å²) in [5.74, 6) is -0.173.